The van der Waals surface area contributed by atoms with Gasteiger partial charge in [-0.2, -0.15) is 0 Å². The number of benzene rings is 1. The molecule has 0 saturated carbocycles. The summed E-state index contributed by atoms with van der Waals surface area (Å²) < 4.78 is 5.66. The van der Waals surface area contributed by atoms with Crippen LogP contribution in [0.5, 0.6) is 5.75 Å². The molecule has 0 aliphatic carbocycles. The van der Waals surface area contributed by atoms with E-state index in [0.29, 0.717) is 18.4 Å². The van der Waals surface area contributed by atoms with Crippen molar-refractivity contribution in [2.75, 3.05) is 25.9 Å². The Kier molecular flexibility index (Phi) is 3.72. The number of hydrogen-bond acceptors (Lipinski definition) is 4. The Bertz CT molecular complexity index is 448. The van der Waals surface area contributed by atoms with Gasteiger partial charge in [-0.15, -0.1) is 0 Å². The van der Waals surface area contributed by atoms with E-state index in [-0.39, 0.29) is 11.3 Å². The van der Waals surface area contributed by atoms with Gasteiger partial charge in [-0.3, -0.25) is 0 Å². The SMILES string of the molecule is CN1CCC[C@H]1COc1ccc(C(=O)O)c(N)c1. The Morgan fingerprint density at radius 2 is 2.39 bits per heavy atom. The summed E-state index contributed by atoms with van der Waals surface area (Å²) in [5.74, 6) is -0.396. The zero-order valence-corrected chi connectivity index (χ0v) is 10.4. The third-order valence-electron chi connectivity index (χ3n) is 3.37. The van der Waals surface area contributed by atoms with Crippen LogP contribution in [0.4, 0.5) is 5.69 Å². The van der Waals surface area contributed by atoms with Gasteiger partial charge in [0.2, 0.25) is 0 Å². The summed E-state index contributed by atoms with van der Waals surface area (Å²) in [7, 11) is 2.09. The lowest BCUT2D eigenvalue weighted by Crippen LogP contribution is -2.30. The monoisotopic (exact) mass is 250 g/mol. The van der Waals surface area contributed by atoms with E-state index in [1.54, 1.807) is 12.1 Å². The van der Waals surface area contributed by atoms with Crippen molar-refractivity contribution in [3.8, 4) is 5.75 Å². The summed E-state index contributed by atoms with van der Waals surface area (Å²) >= 11 is 0. The molecular weight excluding hydrogens is 232 g/mol. The van der Waals surface area contributed by atoms with E-state index in [1.165, 1.54) is 12.5 Å². The van der Waals surface area contributed by atoms with E-state index in [2.05, 4.69) is 11.9 Å². The minimum atomic E-state index is -1.02. The molecule has 0 unspecified atom stereocenters. The minimum Gasteiger partial charge on any atom is -0.492 e. The fraction of sp³-hybridized carbons (Fsp3) is 0.462. The van der Waals surface area contributed by atoms with Crippen molar-refractivity contribution >= 4 is 11.7 Å². The molecule has 0 spiro atoms. The molecule has 0 radical (unpaired) electrons. The number of anilines is 1. The largest absolute Gasteiger partial charge is 0.492 e. The number of likely N-dealkylation sites (tertiary alicyclic amines) is 1. The number of ether oxygens (including phenoxy) is 1. The molecule has 1 aromatic rings. The third kappa shape index (κ3) is 2.73. The van der Waals surface area contributed by atoms with Gasteiger partial charge in [-0.05, 0) is 38.6 Å². The zero-order valence-electron chi connectivity index (χ0n) is 10.4. The fourth-order valence-corrected chi connectivity index (χ4v) is 2.21. The van der Waals surface area contributed by atoms with Crippen LogP contribution in [0.15, 0.2) is 18.2 Å². The van der Waals surface area contributed by atoms with Crippen molar-refractivity contribution in [1.82, 2.24) is 4.90 Å². The van der Waals surface area contributed by atoms with E-state index in [1.807, 2.05) is 0 Å². The first-order chi connectivity index (χ1) is 8.58. The van der Waals surface area contributed by atoms with Crippen LogP contribution in [0.2, 0.25) is 0 Å². The van der Waals surface area contributed by atoms with Gasteiger partial charge in [0.25, 0.3) is 0 Å². The Hall–Kier alpha value is -1.75. The highest BCUT2D eigenvalue weighted by molar-refractivity contribution is 5.93. The number of nitrogens with two attached hydrogens (primary N) is 1. The molecule has 0 bridgehead atoms. The van der Waals surface area contributed by atoms with Crippen LogP contribution in [0.1, 0.15) is 23.2 Å². The molecule has 1 aliphatic heterocycles. The third-order valence-corrected chi connectivity index (χ3v) is 3.37. The second-order valence-corrected chi connectivity index (χ2v) is 4.64. The van der Waals surface area contributed by atoms with Gasteiger partial charge in [0.15, 0.2) is 0 Å². The smallest absolute Gasteiger partial charge is 0.337 e. The summed E-state index contributed by atoms with van der Waals surface area (Å²) in [6.07, 6.45) is 2.34. The summed E-state index contributed by atoms with van der Waals surface area (Å²) in [5, 5.41) is 8.87. The standard InChI is InChI=1S/C13H18N2O3/c1-15-6-2-3-9(15)8-18-10-4-5-11(13(16)17)12(14)7-10/h4-5,7,9H,2-3,6,8,14H2,1H3,(H,16,17)/t9-/m0/s1. The normalized spacial score (nSPS) is 19.9. The molecule has 3 N–H and O–H groups in total. The van der Waals surface area contributed by atoms with E-state index in [0.717, 1.165) is 13.0 Å². The number of rotatable bonds is 4. The van der Waals surface area contributed by atoms with Gasteiger partial charge in [-0.25, -0.2) is 4.79 Å². The highest BCUT2D eigenvalue weighted by atomic mass is 16.5. The maximum atomic E-state index is 10.8. The molecule has 1 saturated heterocycles. The molecule has 18 heavy (non-hydrogen) atoms. The minimum absolute atomic E-state index is 0.111. The van der Waals surface area contributed by atoms with Crippen LogP contribution < -0.4 is 10.5 Å². The molecule has 0 aromatic heterocycles. The summed E-state index contributed by atoms with van der Waals surface area (Å²) in [5.41, 5.74) is 6.01. The van der Waals surface area contributed by atoms with E-state index in [9.17, 15) is 4.79 Å². The number of carboxylic acid groups (broad SMARTS) is 1. The lowest BCUT2D eigenvalue weighted by Gasteiger charge is -2.19. The van der Waals surface area contributed by atoms with Gasteiger partial charge >= 0.3 is 5.97 Å². The van der Waals surface area contributed by atoms with Crippen molar-refractivity contribution in [1.29, 1.82) is 0 Å². The van der Waals surface area contributed by atoms with Gasteiger partial charge in [0.1, 0.15) is 12.4 Å². The number of nitrogen functional groups attached to an aromatic ring is 1. The van der Waals surface area contributed by atoms with Crippen molar-refractivity contribution in [2.45, 2.75) is 18.9 Å². The van der Waals surface area contributed by atoms with Crippen LogP contribution in [0, 0.1) is 0 Å². The maximum Gasteiger partial charge on any atom is 0.337 e. The summed E-state index contributed by atoms with van der Waals surface area (Å²) in [6.45, 7) is 1.72. The first-order valence-corrected chi connectivity index (χ1v) is 6.04. The molecule has 5 nitrogen and oxygen atoms in total. The van der Waals surface area contributed by atoms with Crippen molar-refractivity contribution in [3.05, 3.63) is 23.8 Å². The number of carboxylic acids is 1. The first-order valence-electron chi connectivity index (χ1n) is 6.04. The predicted octanol–water partition coefficient (Wildman–Crippen LogP) is 1.44. The molecule has 1 atom stereocenters. The molecule has 1 aliphatic rings. The first kappa shape index (κ1) is 12.7. The van der Waals surface area contributed by atoms with Gasteiger partial charge < -0.3 is 20.5 Å². The summed E-state index contributed by atoms with van der Waals surface area (Å²) in [6, 6.07) is 5.13. The predicted molar refractivity (Wildman–Crippen MR) is 69.0 cm³/mol. The molecular formula is C13H18N2O3. The molecule has 0 amide bonds. The Balaban J connectivity index is 1.98. The highest BCUT2D eigenvalue weighted by Crippen LogP contribution is 2.22. The fourth-order valence-electron chi connectivity index (χ4n) is 2.21. The van der Waals surface area contributed by atoms with Crippen molar-refractivity contribution in [3.63, 3.8) is 0 Å². The quantitative estimate of drug-likeness (QED) is 0.791. The Morgan fingerprint density at radius 1 is 1.61 bits per heavy atom. The van der Waals surface area contributed by atoms with E-state index < -0.39 is 5.97 Å². The van der Waals surface area contributed by atoms with Crippen LogP contribution in [-0.4, -0.2) is 42.2 Å². The molecule has 98 valence electrons. The van der Waals surface area contributed by atoms with Crippen LogP contribution in [0.25, 0.3) is 0 Å². The van der Waals surface area contributed by atoms with Crippen LogP contribution in [0.3, 0.4) is 0 Å². The molecule has 2 rings (SSSR count). The topological polar surface area (TPSA) is 75.8 Å². The lowest BCUT2D eigenvalue weighted by molar-refractivity contribution is 0.0698. The zero-order chi connectivity index (χ0) is 13.1. The van der Waals surface area contributed by atoms with Gasteiger partial charge in [0.05, 0.1) is 5.56 Å². The summed E-state index contributed by atoms with van der Waals surface area (Å²) in [4.78, 5) is 13.1. The Labute approximate surface area is 106 Å². The number of carbonyl (C=O) groups is 1. The Morgan fingerprint density at radius 3 is 2.94 bits per heavy atom. The average molecular weight is 250 g/mol. The van der Waals surface area contributed by atoms with Crippen molar-refractivity contribution in [2.24, 2.45) is 0 Å². The number of nitrogens with zero attached hydrogens (tertiary/aromatic N) is 1. The van der Waals surface area contributed by atoms with Gasteiger partial charge in [-0.1, -0.05) is 0 Å². The molecule has 1 heterocycles. The van der Waals surface area contributed by atoms with Gasteiger partial charge in [0, 0.05) is 17.8 Å². The number of aromatic carboxylic acids is 1. The lowest BCUT2D eigenvalue weighted by atomic mass is 10.2. The van der Waals surface area contributed by atoms with Crippen molar-refractivity contribution < 1.29 is 14.6 Å². The van der Waals surface area contributed by atoms with E-state index >= 15 is 0 Å². The average Bonchev–Trinajstić information content (AvgIpc) is 2.72. The second-order valence-electron chi connectivity index (χ2n) is 4.64. The second kappa shape index (κ2) is 5.27. The highest BCUT2D eigenvalue weighted by Gasteiger charge is 2.21. The van der Waals surface area contributed by atoms with Crippen LogP contribution >= 0.6 is 0 Å². The van der Waals surface area contributed by atoms with Crippen LogP contribution in [-0.2, 0) is 0 Å². The maximum absolute atomic E-state index is 10.8. The molecule has 1 fully saturated rings. The van der Waals surface area contributed by atoms with E-state index in [4.69, 9.17) is 15.6 Å². The molecule has 5 heteroatoms. The number of likely N-dealkylation sites (N-methyl/N-ethyl adjacent to an activating group) is 1. The number of hydrogen-bond donors (Lipinski definition) is 2. The molecule has 1 aromatic carbocycles.